The molecule has 0 bridgehead atoms. The molecule has 0 unspecified atom stereocenters. The molecule has 0 saturated carbocycles. The van der Waals surface area contributed by atoms with Gasteiger partial charge in [0.2, 0.25) is 0 Å². The predicted molar refractivity (Wildman–Crippen MR) is 156 cm³/mol. The fourth-order valence-electron chi connectivity index (χ4n) is 5.24. The van der Waals surface area contributed by atoms with Gasteiger partial charge >= 0.3 is 0 Å². The van der Waals surface area contributed by atoms with E-state index < -0.39 is 39.3 Å². The number of likely N-dealkylation sites (N-methyl/N-ethyl adjacent to an activating group) is 1. The zero-order valence-electron chi connectivity index (χ0n) is 23.0. The van der Waals surface area contributed by atoms with Crippen molar-refractivity contribution < 1.29 is 28.5 Å². The molecule has 12 heteroatoms. The Hall–Kier alpha value is -3.28. The highest BCUT2D eigenvalue weighted by molar-refractivity contribution is 7.93. The molecule has 1 aromatic heterocycles. The van der Waals surface area contributed by atoms with E-state index in [1.165, 1.54) is 11.8 Å². The van der Waals surface area contributed by atoms with Crippen molar-refractivity contribution in [3.63, 3.8) is 0 Å². The molecule has 2 aliphatic rings. The van der Waals surface area contributed by atoms with Crippen LogP contribution in [0.3, 0.4) is 0 Å². The number of nitrogens with one attached hydrogen (secondary N) is 1. The van der Waals surface area contributed by atoms with Crippen molar-refractivity contribution in [1.82, 2.24) is 14.2 Å². The summed E-state index contributed by atoms with van der Waals surface area (Å²) >= 11 is 0. The maximum atomic E-state index is 12.9. The Bertz CT molecular complexity index is 1590. The molecule has 4 atom stereocenters. The molecule has 41 heavy (non-hydrogen) atoms. The fraction of sp³-hybridized carbons (Fsp3) is 0.414. The monoisotopic (exact) mass is 581 g/mol. The summed E-state index contributed by atoms with van der Waals surface area (Å²) in [5, 5.41) is 41.4. The summed E-state index contributed by atoms with van der Waals surface area (Å²) in [6.07, 6.45) is -3.99. The van der Waals surface area contributed by atoms with Crippen LogP contribution in [0, 0.1) is 11.3 Å². The predicted octanol–water partition coefficient (Wildman–Crippen LogP) is 0.862. The number of sulfonamides is 1. The van der Waals surface area contributed by atoms with Gasteiger partial charge < -0.3 is 34.4 Å². The molecule has 2 fully saturated rings. The molecular weight excluding hydrogens is 546 g/mol. The molecule has 0 spiro atoms. The van der Waals surface area contributed by atoms with E-state index in [9.17, 15) is 29.0 Å². The highest BCUT2D eigenvalue weighted by Crippen LogP contribution is 2.29. The van der Waals surface area contributed by atoms with Gasteiger partial charge in [0.1, 0.15) is 24.4 Å². The van der Waals surface area contributed by atoms with Crippen molar-refractivity contribution in [2.45, 2.75) is 24.4 Å². The Labute approximate surface area is 239 Å². The minimum atomic E-state index is -4.25. The van der Waals surface area contributed by atoms with Crippen LogP contribution >= 0.6 is 0 Å². The van der Waals surface area contributed by atoms with Crippen LogP contribution in [-0.4, -0.2) is 104 Å². The molecule has 2 saturated heterocycles. The molecule has 11 nitrogen and oxygen atoms in total. The number of hydrogen-bond donors (Lipinski definition) is 4. The molecule has 218 valence electrons. The summed E-state index contributed by atoms with van der Waals surface area (Å²) in [5.41, 5.74) is 3.53. The number of allylic oxidation sites excluding steroid dienone is 1. The first-order valence-electron chi connectivity index (χ1n) is 13.5. The third kappa shape index (κ3) is 6.17. The van der Waals surface area contributed by atoms with Crippen LogP contribution in [0.1, 0.15) is 5.69 Å². The highest BCUT2D eigenvalue weighted by atomic mass is 32.2. The van der Waals surface area contributed by atoms with Gasteiger partial charge in [-0.1, -0.05) is 18.2 Å². The number of hydrogen-bond acceptors (Lipinski definition) is 9. The summed E-state index contributed by atoms with van der Waals surface area (Å²) in [6.45, 7) is 3.46. The van der Waals surface area contributed by atoms with Crippen LogP contribution in [0.25, 0.3) is 28.1 Å². The largest absolute Gasteiger partial charge is 0.388 e. The molecule has 4 N–H and O–H groups in total. The standard InChI is InChI=1S/C29H35N5O6S/c1-32-9-11-34(12-10-32)23-6-5-19-13-21(4-3-20(19)14-23)25-8-7-22(33(25)2)15-24(16-30)41(38,39)31-17-27-29(37)28(36)26(35)18-40-27/h3-8,13-15,26-29,31,35-37H,9-12,17-18H2,1-2H3/b24-15+/t26-,27+,28+,29+/m0/s1. The van der Waals surface area contributed by atoms with Crippen molar-refractivity contribution in [2.24, 2.45) is 7.05 Å². The Morgan fingerprint density at radius 3 is 2.46 bits per heavy atom. The number of rotatable bonds is 7. The van der Waals surface area contributed by atoms with Crippen LogP contribution in [0.15, 0.2) is 53.4 Å². The Balaban J connectivity index is 1.33. The van der Waals surface area contributed by atoms with E-state index in [4.69, 9.17) is 4.74 Å². The summed E-state index contributed by atoms with van der Waals surface area (Å²) in [5.74, 6) is 0. The van der Waals surface area contributed by atoms with Gasteiger partial charge in [-0.25, -0.2) is 13.1 Å². The lowest BCUT2D eigenvalue weighted by Crippen LogP contribution is -2.56. The van der Waals surface area contributed by atoms with Gasteiger partial charge in [0.15, 0.2) is 4.91 Å². The molecule has 0 aliphatic carbocycles. The van der Waals surface area contributed by atoms with Crippen LogP contribution in [0.5, 0.6) is 0 Å². The second-order valence-electron chi connectivity index (χ2n) is 10.6. The zero-order chi connectivity index (χ0) is 29.3. The lowest BCUT2D eigenvalue weighted by atomic mass is 10.0. The number of fused-ring (bicyclic) bond motifs is 1. The van der Waals surface area contributed by atoms with Crippen LogP contribution in [-0.2, 0) is 21.8 Å². The Kier molecular flexibility index (Phi) is 8.49. The van der Waals surface area contributed by atoms with E-state index in [-0.39, 0.29) is 13.2 Å². The molecule has 2 aromatic carbocycles. The van der Waals surface area contributed by atoms with Crippen LogP contribution in [0.2, 0.25) is 0 Å². The summed E-state index contributed by atoms with van der Waals surface area (Å²) in [4.78, 5) is 4.22. The summed E-state index contributed by atoms with van der Waals surface area (Å²) in [7, 11) is -0.306. The molecular formula is C29H35N5O6S. The lowest BCUT2D eigenvalue weighted by Gasteiger charge is -2.35. The number of nitrogens with zero attached hydrogens (tertiary/aromatic N) is 4. The highest BCUT2D eigenvalue weighted by Gasteiger charge is 2.38. The van der Waals surface area contributed by atoms with Crippen molar-refractivity contribution in [2.75, 3.05) is 51.3 Å². The SMILES string of the molecule is CN1CCN(c2ccc3cc(-c4ccc(/C=C(\C#N)S(=O)(=O)NC[C@H]5OC[C@H](O)[C@@H](O)[C@@H]5O)n4C)ccc3c2)CC1. The molecule has 3 aromatic rings. The van der Waals surface area contributed by atoms with Gasteiger partial charge in [0.05, 0.1) is 12.7 Å². The summed E-state index contributed by atoms with van der Waals surface area (Å²) in [6, 6.07) is 18.0. The molecule has 5 rings (SSSR count). The van der Waals surface area contributed by atoms with E-state index in [0.29, 0.717) is 5.69 Å². The van der Waals surface area contributed by atoms with Crippen molar-refractivity contribution in [3.8, 4) is 17.3 Å². The Morgan fingerprint density at radius 1 is 1.02 bits per heavy atom. The minimum Gasteiger partial charge on any atom is -0.388 e. The first-order chi connectivity index (χ1) is 19.6. The number of benzene rings is 2. The number of aliphatic hydroxyl groups excluding tert-OH is 3. The minimum absolute atomic E-state index is 0.246. The van der Waals surface area contributed by atoms with E-state index in [1.807, 2.05) is 16.7 Å². The Morgan fingerprint density at radius 2 is 1.73 bits per heavy atom. The summed E-state index contributed by atoms with van der Waals surface area (Å²) < 4.78 is 35.1. The van der Waals surface area contributed by atoms with Gasteiger partial charge in [0, 0.05) is 56.8 Å². The molecule has 3 heterocycles. The van der Waals surface area contributed by atoms with Gasteiger partial charge in [-0.2, -0.15) is 5.26 Å². The van der Waals surface area contributed by atoms with Crippen molar-refractivity contribution in [3.05, 3.63) is 59.1 Å². The molecule has 0 radical (unpaired) electrons. The third-order valence-electron chi connectivity index (χ3n) is 7.91. The van der Waals surface area contributed by atoms with Crippen molar-refractivity contribution in [1.29, 1.82) is 5.26 Å². The van der Waals surface area contributed by atoms with Gasteiger partial charge in [-0.15, -0.1) is 0 Å². The van der Waals surface area contributed by atoms with Crippen molar-refractivity contribution >= 4 is 32.6 Å². The van der Waals surface area contributed by atoms with Gasteiger partial charge in [-0.3, -0.25) is 0 Å². The molecule has 0 amide bonds. The smallest absolute Gasteiger partial charge is 0.250 e. The van der Waals surface area contributed by atoms with E-state index in [2.05, 4.69) is 51.9 Å². The van der Waals surface area contributed by atoms with E-state index in [1.54, 1.807) is 19.2 Å². The first kappa shape index (κ1) is 29.2. The van der Waals surface area contributed by atoms with E-state index in [0.717, 1.165) is 48.2 Å². The second-order valence-corrected chi connectivity index (χ2v) is 12.4. The number of anilines is 1. The normalized spacial score (nSPS) is 24.5. The average molecular weight is 582 g/mol. The van der Waals surface area contributed by atoms with Crippen LogP contribution < -0.4 is 9.62 Å². The number of aromatic nitrogens is 1. The lowest BCUT2D eigenvalue weighted by molar-refractivity contribution is -0.184. The topological polar surface area (TPSA) is 151 Å². The maximum Gasteiger partial charge on any atom is 0.250 e. The maximum absolute atomic E-state index is 12.9. The number of piperazine rings is 1. The number of ether oxygens (including phenoxy) is 1. The van der Waals surface area contributed by atoms with Gasteiger partial charge in [0.25, 0.3) is 10.0 Å². The molecule has 2 aliphatic heterocycles. The quantitative estimate of drug-likeness (QED) is 0.298. The van der Waals surface area contributed by atoms with E-state index >= 15 is 0 Å². The fourth-order valence-corrected chi connectivity index (χ4v) is 6.17. The number of aliphatic hydroxyl groups is 3. The average Bonchev–Trinajstić information content (AvgIpc) is 3.33. The first-order valence-corrected chi connectivity index (χ1v) is 15.0. The van der Waals surface area contributed by atoms with Gasteiger partial charge in [-0.05, 0) is 59.8 Å². The number of nitriles is 1. The third-order valence-corrected chi connectivity index (χ3v) is 9.24. The second kappa shape index (κ2) is 11.9. The van der Waals surface area contributed by atoms with Crippen LogP contribution in [0.4, 0.5) is 5.69 Å². The zero-order valence-corrected chi connectivity index (χ0v) is 23.8.